The average molecular weight is 381 g/mol. The number of pyridine rings is 1. The normalized spacial score (nSPS) is 15.8. The Labute approximate surface area is 159 Å². The number of ether oxygens (including phenoxy) is 1. The van der Waals surface area contributed by atoms with Crippen LogP contribution >= 0.6 is 11.8 Å². The highest BCUT2D eigenvalue weighted by Gasteiger charge is 2.29. The molecule has 0 bridgehead atoms. The molecule has 1 fully saturated rings. The molecule has 1 aromatic carbocycles. The maximum Gasteiger partial charge on any atom is 0.252 e. The number of carbonyl (C=O) groups excluding carboxylic acids is 2. The maximum atomic E-state index is 12.6. The van der Waals surface area contributed by atoms with Crippen molar-refractivity contribution in [3.8, 4) is 17.9 Å². The standard InChI is InChI=1S/C18H15N5O3S/c19-4-6-26-13-1-2-16-15(7-13)14(3-5-21-16)18(25)22-9-17(24)23-11-27-10-12(23)8-20/h1-3,5,7,12H,6,9-11H2,(H,22,25)/t12-/m1/s1. The van der Waals surface area contributed by atoms with E-state index in [0.29, 0.717) is 33.8 Å². The zero-order valence-corrected chi connectivity index (χ0v) is 15.0. The van der Waals surface area contributed by atoms with Crippen LogP contribution in [0.4, 0.5) is 0 Å². The van der Waals surface area contributed by atoms with Gasteiger partial charge in [-0.2, -0.15) is 10.5 Å². The molecule has 9 heteroatoms. The first kappa shape index (κ1) is 18.5. The number of rotatable bonds is 5. The highest BCUT2D eigenvalue weighted by atomic mass is 32.2. The van der Waals surface area contributed by atoms with E-state index >= 15 is 0 Å². The van der Waals surface area contributed by atoms with Crippen molar-refractivity contribution < 1.29 is 14.3 Å². The molecule has 0 unspecified atom stereocenters. The van der Waals surface area contributed by atoms with Crippen molar-refractivity contribution in [2.75, 3.05) is 24.8 Å². The molecular formula is C18H15N5O3S. The van der Waals surface area contributed by atoms with Gasteiger partial charge in [0, 0.05) is 17.3 Å². The summed E-state index contributed by atoms with van der Waals surface area (Å²) in [5.74, 6) is 0.763. The topological polar surface area (TPSA) is 119 Å². The first-order valence-corrected chi connectivity index (χ1v) is 9.23. The minimum Gasteiger partial charge on any atom is -0.479 e. The molecule has 136 valence electrons. The van der Waals surface area contributed by atoms with Crippen LogP contribution in [-0.2, 0) is 4.79 Å². The first-order chi connectivity index (χ1) is 13.1. The molecule has 1 aliphatic heterocycles. The fraction of sp³-hybridized carbons (Fsp3) is 0.278. The van der Waals surface area contributed by atoms with Gasteiger partial charge in [0.25, 0.3) is 5.91 Å². The summed E-state index contributed by atoms with van der Waals surface area (Å²) < 4.78 is 5.27. The van der Waals surface area contributed by atoms with Crippen LogP contribution in [0.15, 0.2) is 30.5 Å². The third-order valence-electron chi connectivity index (χ3n) is 4.01. The monoisotopic (exact) mass is 381 g/mol. The Morgan fingerprint density at radius 1 is 1.37 bits per heavy atom. The molecule has 1 atom stereocenters. The van der Waals surface area contributed by atoms with E-state index in [1.165, 1.54) is 22.9 Å². The van der Waals surface area contributed by atoms with Crippen LogP contribution in [0.2, 0.25) is 0 Å². The highest BCUT2D eigenvalue weighted by molar-refractivity contribution is 7.99. The number of nitriles is 2. The van der Waals surface area contributed by atoms with E-state index in [2.05, 4.69) is 16.4 Å². The van der Waals surface area contributed by atoms with Crippen LogP contribution in [0.5, 0.6) is 5.75 Å². The number of fused-ring (bicyclic) bond motifs is 1. The Morgan fingerprint density at radius 3 is 3.00 bits per heavy atom. The van der Waals surface area contributed by atoms with Crippen molar-refractivity contribution in [3.05, 3.63) is 36.0 Å². The van der Waals surface area contributed by atoms with E-state index in [1.54, 1.807) is 24.3 Å². The summed E-state index contributed by atoms with van der Waals surface area (Å²) in [5.41, 5.74) is 0.946. The summed E-state index contributed by atoms with van der Waals surface area (Å²) >= 11 is 1.51. The van der Waals surface area contributed by atoms with Gasteiger partial charge in [0.05, 0.1) is 29.6 Å². The van der Waals surface area contributed by atoms with Crippen molar-refractivity contribution in [2.45, 2.75) is 6.04 Å². The Morgan fingerprint density at radius 2 is 2.22 bits per heavy atom. The van der Waals surface area contributed by atoms with Gasteiger partial charge >= 0.3 is 0 Å². The van der Waals surface area contributed by atoms with E-state index < -0.39 is 11.9 Å². The number of hydrogen-bond acceptors (Lipinski definition) is 7. The van der Waals surface area contributed by atoms with E-state index in [4.69, 9.17) is 15.3 Å². The lowest BCUT2D eigenvalue weighted by atomic mass is 10.1. The molecule has 0 aliphatic carbocycles. The Bertz CT molecular complexity index is 966. The SMILES string of the molecule is N#CCOc1ccc2nccc(C(=O)NCC(=O)N3CSC[C@H]3C#N)c2c1. The summed E-state index contributed by atoms with van der Waals surface area (Å²) in [4.78, 5) is 30.5. The van der Waals surface area contributed by atoms with Crippen molar-refractivity contribution >= 4 is 34.5 Å². The van der Waals surface area contributed by atoms with Gasteiger partial charge in [-0.25, -0.2) is 0 Å². The van der Waals surface area contributed by atoms with Gasteiger partial charge in [-0.1, -0.05) is 0 Å². The van der Waals surface area contributed by atoms with Crippen LogP contribution in [-0.4, -0.2) is 52.5 Å². The zero-order valence-electron chi connectivity index (χ0n) is 14.2. The molecule has 0 radical (unpaired) electrons. The fourth-order valence-electron chi connectivity index (χ4n) is 2.68. The fourth-order valence-corrected chi connectivity index (χ4v) is 3.78. The van der Waals surface area contributed by atoms with Gasteiger partial charge in [-0.3, -0.25) is 14.6 Å². The smallest absolute Gasteiger partial charge is 0.252 e. The summed E-state index contributed by atoms with van der Waals surface area (Å²) in [5, 5.41) is 20.9. The Hall–Kier alpha value is -3.30. The molecule has 0 saturated carbocycles. The van der Waals surface area contributed by atoms with Gasteiger partial charge in [0.1, 0.15) is 17.9 Å². The minimum atomic E-state index is -0.457. The summed E-state index contributed by atoms with van der Waals surface area (Å²) in [6, 6.07) is 10.1. The van der Waals surface area contributed by atoms with Crippen molar-refractivity contribution in [1.82, 2.24) is 15.2 Å². The molecule has 1 aliphatic rings. The summed E-state index contributed by atoms with van der Waals surface area (Å²) in [7, 11) is 0. The minimum absolute atomic E-state index is 0.101. The molecule has 1 N–H and O–H groups in total. The Balaban J connectivity index is 1.74. The molecule has 1 aromatic heterocycles. The number of aromatic nitrogens is 1. The molecular weight excluding hydrogens is 366 g/mol. The number of hydrogen-bond donors (Lipinski definition) is 1. The first-order valence-electron chi connectivity index (χ1n) is 8.07. The zero-order chi connectivity index (χ0) is 19.2. The predicted octanol–water partition coefficient (Wildman–Crippen LogP) is 1.29. The molecule has 8 nitrogen and oxygen atoms in total. The van der Waals surface area contributed by atoms with Crippen molar-refractivity contribution in [2.24, 2.45) is 0 Å². The molecule has 2 heterocycles. The van der Waals surface area contributed by atoms with E-state index in [9.17, 15) is 9.59 Å². The lowest BCUT2D eigenvalue weighted by Gasteiger charge is -2.18. The third-order valence-corrected chi connectivity index (χ3v) is 5.03. The number of amides is 2. The largest absolute Gasteiger partial charge is 0.479 e. The second kappa shape index (κ2) is 8.39. The lowest BCUT2D eigenvalue weighted by molar-refractivity contribution is -0.129. The molecule has 27 heavy (non-hydrogen) atoms. The van der Waals surface area contributed by atoms with Gasteiger partial charge < -0.3 is 15.0 Å². The highest BCUT2D eigenvalue weighted by Crippen LogP contribution is 2.23. The summed E-state index contributed by atoms with van der Waals surface area (Å²) in [6.07, 6.45) is 1.51. The number of benzene rings is 1. The van der Waals surface area contributed by atoms with Gasteiger partial charge in [-0.05, 0) is 24.3 Å². The van der Waals surface area contributed by atoms with Crippen LogP contribution < -0.4 is 10.1 Å². The predicted molar refractivity (Wildman–Crippen MR) is 98.8 cm³/mol. The molecule has 3 rings (SSSR count). The maximum absolute atomic E-state index is 12.6. The van der Waals surface area contributed by atoms with Crippen LogP contribution in [0.1, 0.15) is 10.4 Å². The van der Waals surface area contributed by atoms with Gasteiger partial charge in [-0.15, -0.1) is 11.8 Å². The number of nitrogens with one attached hydrogen (secondary N) is 1. The quantitative estimate of drug-likeness (QED) is 0.829. The summed E-state index contributed by atoms with van der Waals surface area (Å²) in [6.45, 7) is -0.290. The molecule has 0 spiro atoms. The molecule has 2 amide bonds. The van der Waals surface area contributed by atoms with Crippen LogP contribution in [0.3, 0.4) is 0 Å². The van der Waals surface area contributed by atoms with Gasteiger partial charge in [0.2, 0.25) is 5.91 Å². The Kier molecular flexibility index (Phi) is 5.74. The third kappa shape index (κ3) is 4.10. The van der Waals surface area contributed by atoms with Crippen molar-refractivity contribution in [1.29, 1.82) is 10.5 Å². The van der Waals surface area contributed by atoms with Crippen molar-refractivity contribution in [3.63, 3.8) is 0 Å². The van der Waals surface area contributed by atoms with Crippen LogP contribution in [0.25, 0.3) is 10.9 Å². The second-order valence-electron chi connectivity index (χ2n) is 5.68. The second-order valence-corrected chi connectivity index (χ2v) is 6.68. The number of nitrogens with zero attached hydrogens (tertiary/aromatic N) is 4. The lowest BCUT2D eigenvalue weighted by Crippen LogP contribution is -2.42. The number of carbonyl (C=O) groups is 2. The van der Waals surface area contributed by atoms with E-state index in [0.717, 1.165) is 0 Å². The van der Waals surface area contributed by atoms with Gasteiger partial charge in [0.15, 0.2) is 6.61 Å². The molecule has 2 aromatic rings. The number of thioether (sulfide) groups is 1. The van der Waals surface area contributed by atoms with Crippen LogP contribution in [0, 0.1) is 22.7 Å². The van der Waals surface area contributed by atoms with E-state index in [-0.39, 0.29) is 19.1 Å². The van der Waals surface area contributed by atoms with E-state index in [1.807, 2.05) is 6.07 Å². The average Bonchev–Trinajstić information content (AvgIpc) is 3.18. The molecule has 1 saturated heterocycles.